The van der Waals surface area contributed by atoms with Crippen molar-refractivity contribution in [2.45, 2.75) is 63.5 Å². The predicted octanol–water partition coefficient (Wildman–Crippen LogP) is 3.33. The van der Waals surface area contributed by atoms with Gasteiger partial charge >= 0.3 is 0 Å². The SMILES string of the molecule is CCOC1(C(Cc2cccc(F)c2)NN)CCCCCC1. The number of halogens is 1. The number of hydrogen-bond acceptors (Lipinski definition) is 3. The Bertz CT molecular complexity index is 431. The summed E-state index contributed by atoms with van der Waals surface area (Å²) in [5.74, 6) is 5.63. The van der Waals surface area contributed by atoms with Crippen molar-refractivity contribution in [2.24, 2.45) is 5.84 Å². The van der Waals surface area contributed by atoms with Crippen LogP contribution in [0, 0.1) is 5.82 Å². The molecule has 118 valence electrons. The van der Waals surface area contributed by atoms with Gasteiger partial charge in [-0.3, -0.25) is 11.3 Å². The first-order valence-electron chi connectivity index (χ1n) is 8.05. The molecule has 21 heavy (non-hydrogen) atoms. The van der Waals surface area contributed by atoms with Crippen LogP contribution in [0.25, 0.3) is 0 Å². The second-order valence-electron chi connectivity index (χ2n) is 5.97. The Hall–Kier alpha value is -0.970. The van der Waals surface area contributed by atoms with E-state index < -0.39 is 0 Å². The van der Waals surface area contributed by atoms with Crippen LogP contribution in [0.5, 0.6) is 0 Å². The summed E-state index contributed by atoms with van der Waals surface area (Å²) in [6.45, 7) is 2.71. The van der Waals surface area contributed by atoms with Gasteiger partial charge < -0.3 is 4.74 Å². The molecule has 0 heterocycles. The zero-order chi connectivity index (χ0) is 15.1. The van der Waals surface area contributed by atoms with Crippen LogP contribution in [-0.2, 0) is 11.2 Å². The van der Waals surface area contributed by atoms with Crippen LogP contribution in [0.3, 0.4) is 0 Å². The molecule has 3 N–H and O–H groups in total. The highest BCUT2D eigenvalue weighted by Crippen LogP contribution is 2.34. The Labute approximate surface area is 127 Å². The Morgan fingerprint density at radius 3 is 2.57 bits per heavy atom. The Kier molecular flexibility index (Phi) is 6.15. The van der Waals surface area contributed by atoms with E-state index in [4.69, 9.17) is 10.6 Å². The van der Waals surface area contributed by atoms with E-state index in [1.54, 1.807) is 12.1 Å². The molecule has 1 saturated carbocycles. The van der Waals surface area contributed by atoms with E-state index >= 15 is 0 Å². The van der Waals surface area contributed by atoms with E-state index in [9.17, 15) is 4.39 Å². The number of hydrogen-bond donors (Lipinski definition) is 2. The lowest BCUT2D eigenvalue weighted by Gasteiger charge is -2.40. The van der Waals surface area contributed by atoms with Crippen LogP contribution in [0.4, 0.5) is 4.39 Å². The number of rotatable bonds is 6. The number of nitrogens with two attached hydrogens (primary N) is 1. The zero-order valence-corrected chi connectivity index (χ0v) is 12.9. The molecule has 1 aliphatic rings. The van der Waals surface area contributed by atoms with Crippen molar-refractivity contribution in [3.8, 4) is 0 Å². The minimum atomic E-state index is -0.230. The van der Waals surface area contributed by atoms with Crippen LogP contribution in [0.1, 0.15) is 51.0 Å². The van der Waals surface area contributed by atoms with Crippen molar-refractivity contribution in [3.63, 3.8) is 0 Å². The van der Waals surface area contributed by atoms with Crippen molar-refractivity contribution in [2.75, 3.05) is 6.61 Å². The summed E-state index contributed by atoms with van der Waals surface area (Å²) in [6.07, 6.45) is 7.57. The molecule has 4 heteroatoms. The standard InChI is InChI=1S/C17H27FN2O/c1-2-21-17(10-5-3-4-6-11-17)16(20-19)13-14-8-7-9-15(18)12-14/h7-9,12,16,20H,2-6,10-11,13,19H2,1H3. The van der Waals surface area contributed by atoms with Gasteiger partial charge in [-0.2, -0.15) is 0 Å². The third-order valence-corrected chi connectivity index (χ3v) is 4.55. The van der Waals surface area contributed by atoms with Crippen LogP contribution in [-0.4, -0.2) is 18.2 Å². The lowest BCUT2D eigenvalue weighted by Crippen LogP contribution is -2.56. The molecular weight excluding hydrogens is 267 g/mol. The summed E-state index contributed by atoms with van der Waals surface area (Å²) in [4.78, 5) is 0. The Morgan fingerprint density at radius 2 is 2.00 bits per heavy atom. The molecule has 1 unspecified atom stereocenters. The van der Waals surface area contributed by atoms with Gasteiger partial charge in [-0.15, -0.1) is 0 Å². The van der Waals surface area contributed by atoms with Crippen LogP contribution >= 0.6 is 0 Å². The number of benzene rings is 1. The van der Waals surface area contributed by atoms with E-state index in [-0.39, 0.29) is 17.5 Å². The van der Waals surface area contributed by atoms with Crippen molar-refractivity contribution in [1.82, 2.24) is 5.43 Å². The van der Waals surface area contributed by atoms with E-state index in [1.807, 2.05) is 13.0 Å². The molecule has 1 aliphatic carbocycles. The molecule has 0 spiro atoms. The van der Waals surface area contributed by atoms with Crippen molar-refractivity contribution in [1.29, 1.82) is 0 Å². The van der Waals surface area contributed by atoms with Gasteiger partial charge in [0.1, 0.15) is 5.82 Å². The van der Waals surface area contributed by atoms with E-state index in [1.165, 1.54) is 31.7 Å². The monoisotopic (exact) mass is 294 g/mol. The van der Waals surface area contributed by atoms with Gasteiger partial charge in [0.15, 0.2) is 0 Å². The minimum absolute atomic E-state index is 0.0114. The first kappa shape index (κ1) is 16.4. The number of hydrazine groups is 1. The third kappa shape index (κ3) is 4.25. The second-order valence-corrected chi connectivity index (χ2v) is 5.97. The summed E-state index contributed by atoms with van der Waals surface area (Å²) in [5, 5.41) is 0. The Balaban J connectivity index is 2.18. The van der Waals surface area contributed by atoms with Crippen LogP contribution in [0.15, 0.2) is 24.3 Å². The van der Waals surface area contributed by atoms with Crippen LogP contribution in [0.2, 0.25) is 0 Å². The first-order valence-corrected chi connectivity index (χ1v) is 8.05. The normalized spacial score (nSPS) is 20.0. The number of nitrogens with one attached hydrogen (secondary N) is 1. The van der Waals surface area contributed by atoms with Gasteiger partial charge in [0.05, 0.1) is 11.6 Å². The molecule has 1 atom stereocenters. The summed E-state index contributed by atoms with van der Waals surface area (Å²) >= 11 is 0. The molecule has 0 saturated heterocycles. The van der Waals surface area contributed by atoms with Crippen molar-refractivity contribution in [3.05, 3.63) is 35.6 Å². The van der Waals surface area contributed by atoms with Gasteiger partial charge in [0.25, 0.3) is 0 Å². The topological polar surface area (TPSA) is 47.3 Å². The summed E-state index contributed by atoms with van der Waals surface area (Å²) in [6, 6.07) is 6.76. The molecule has 0 amide bonds. The van der Waals surface area contributed by atoms with Crippen molar-refractivity contribution < 1.29 is 9.13 Å². The van der Waals surface area contributed by atoms with Gasteiger partial charge in [0, 0.05) is 6.61 Å². The summed E-state index contributed by atoms with van der Waals surface area (Å²) in [5.41, 5.74) is 3.68. The van der Waals surface area contributed by atoms with E-state index in [0.29, 0.717) is 13.0 Å². The molecule has 3 nitrogen and oxygen atoms in total. The van der Waals surface area contributed by atoms with Crippen molar-refractivity contribution >= 4 is 0 Å². The van der Waals surface area contributed by atoms with E-state index in [2.05, 4.69) is 5.43 Å². The molecule has 1 aromatic rings. The molecule has 0 aliphatic heterocycles. The highest BCUT2D eigenvalue weighted by atomic mass is 19.1. The molecule has 0 radical (unpaired) electrons. The third-order valence-electron chi connectivity index (χ3n) is 4.55. The molecule has 0 bridgehead atoms. The van der Waals surface area contributed by atoms with E-state index in [0.717, 1.165) is 18.4 Å². The average molecular weight is 294 g/mol. The van der Waals surface area contributed by atoms with Gasteiger partial charge in [0.2, 0.25) is 0 Å². The zero-order valence-electron chi connectivity index (χ0n) is 12.9. The quantitative estimate of drug-likeness (QED) is 0.480. The lowest BCUT2D eigenvalue weighted by atomic mass is 9.83. The Morgan fingerprint density at radius 1 is 1.29 bits per heavy atom. The average Bonchev–Trinajstić information content (AvgIpc) is 2.72. The fourth-order valence-electron chi connectivity index (χ4n) is 3.50. The maximum Gasteiger partial charge on any atom is 0.123 e. The fraction of sp³-hybridized carbons (Fsp3) is 0.647. The largest absolute Gasteiger partial charge is 0.374 e. The molecule has 0 aromatic heterocycles. The fourth-order valence-corrected chi connectivity index (χ4v) is 3.50. The predicted molar refractivity (Wildman–Crippen MR) is 83.3 cm³/mol. The summed E-state index contributed by atoms with van der Waals surface area (Å²) in [7, 11) is 0. The minimum Gasteiger partial charge on any atom is -0.374 e. The van der Waals surface area contributed by atoms with Gasteiger partial charge in [-0.05, 0) is 43.9 Å². The first-order chi connectivity index (χ1) is 10.2. The maximum atomic E-state index is 13.4. The second kappa shape index (κ2) is 7.87. The summed E-state index contributed by atoms with van der Waals surface area (Å²) < 4.78 is 19.6. The maximum absolute atomic E-state index is 13.4. The lowest BCUT2D eigenvalue weighted by molar-refractivity contribution is -0.0768. The highest BCUT2D eigenvalue weighted by Gasteiger charge is 2.39. The molecule has 1 aromatic carbocycles. The highest BCUT2D eigenvalue weighted by molar-refractivity contribution is 5.18. The van der Waals surface area contributed by atoms with Gasteiger partial charge in [-0.1, -0.05) is 37.8 Å². The van der Waals surface area contributed by atoms with Crippen LogP contribution < -0.4 is 11.3 Å². The number of ether oxygens (including phenoxy) is 1. The molecule has 2 rings (SSSR count). The smallest absolute Gasteiger partial charge is 0.123 e. The molecular formula is C17H27FN2O. The van der Waals surface area contributed by atoms with Gasteiger partial charge in [-0.25, -0.2) is 4.39 Å². The molecule has 1 fully saturated rings.